The van der Waals surface area contributed by atoms with Crippen molar-refractivity contribution < 1.29 is 9.26 Å². The molecule has 1 aliphatic rings. The summed E-state index contributed by atoms with van der Waals surface area (Å²) < 4.78 is 11.0. The van der Waals surface area contributed by atoms with Crippen LogP contribution in [0.2, 0.25) is 0 Å². The number of nitrogens with zero attached hydrogens (tertiary/aromatic N) is 3. The number of methoxy groups -OCH3 is 1. The molecular formula is C15H17N3O2S. The van der Waals surface area contributed by atoms with Gasteiger partial charge in [-0.05, 0) is 30.2 Å². The van der Waals surface area contributed by atoms with Crippen LogP contribution in [0.25, 0.3) is 10.8 Å². The van der Waals surface area contributed by atoms with Gasteiger partial charge in [-0.15, -0.1) is 11.3 Å². The summed E-state index contributed by atoms with van der Waals surface area (Å²) in [6.07, 6.45) is 5.94. The first-order valence-corrected chi connectivity index (χ1v) is 8.06. The molecule has 2 aromatic heterocycles. The fraction of sp³-hybridized carbons (Fsp3) is 0.533. The minimum Gasteiger partial charge on any atom is -0.373 e. The molecule has 0 amide bonds. The molecule has 6 heteroatoms. The lowest BCUT2D eigenvalue weighted by atomic mass is 9.85. The summed E-state index contributed by atoms with van der Waals surface area (Å²) in [5.41, 5.74) is 0.571. The van der Waals surface area contributed by atoms with Gasteiger partial charge in [-0.1, -0.05) is 24.4 Å². The molecule has 21 heavy (non-hydrogen) atoms. The Morgan fingerprint density at radius 3 is 2.95 bits per heavy atom. The van der Waals surface area contributed by atoms with Gasteiger partial charge >= 0.3 is 0 Å². The van der Waals surface area contributed by atoms with E-state index in [1.54, 1.807) is 13.2 Å². The summed E-state index contributed by atoms with van der Waals surface area (Å²) in [5, 5.41) is 15.0. The Kier molecular flexibility index (Phi) is 4.32. The molecule has 0 aliphatic heterocycles. The molecule has 2 heterocycles. The van der Waals surface area contributed by atoms with Crippen molar-refractivity contribution in [1.29, 1.82) is 5.26 Å². The molecular weight excluding hydrogens is 286 g/mol. The highest BCUT2D eigenvalue weighted by molar-refractivity contribution is 7.13. The summed E-state index contributed by atoms with van der Waals surface area (Å²) >= 11 is 1.44. The van der Waals surface area contributed by atoms with Crippen molar-refractivity contribution in [2.45, 2.75) is 38.2 Å². The monoisotopic (exact) mass is 303 g/mol. The van der Waals surface area contributed by atoms with Crippen LogP contribution >= 0.6 is 11.3 Å². The number of thiophene rings is 1. The number of aromatic nitrogens is 2. The van der Waals surface area contributed by atoms with E-state index in [4.69, 9.17) is 14.5 Å². The summed E-state index contributed by atoms with van der Waals surface area (Å²) in [7, 11) is 1.70. The predicted octanol–water partition coefficient (Wildman–Crippen LogP) is 3.94. The molecule has 1 fully saturated rings. The zero-order valence-electron chi connectivity index (χ0n) is 11.9. The molecule has 0 saturated heterocycles. The highest BCUT2D eigenvalue weighted by Crippen LogP contribution is 2.36. The zero-order valence-corrected chi connectivity index (χ0v) is 12.7. The van der Waals surface area contributed by atoms with Crippen LogP contribution in [-0.4, -0.2) is 17.3 Å². The number of nitriles is 1. The van der Waals surface area contributed by atoms with Gasteiger partial charge < -0.3 is 9.26 Å². The maximum absolute atomic E-state index is 9.08. The molecule has 1 saturated carbocycles. The lowest BCUT2D eigenvalue weighted by molar-refractivity contribution is 0.0274. The van der Waals surface area contributed by atoms with Crippen LogP contribution in [0.15, 0.2) is 16.0 Å². The van der Waals surface area contributed by atoms with E-state index in [1.807, 2.05) is 5.38 Å². The van der Waals surface area contributed by atoms with Gasteiger partial charge in [0.1, 0.15) is 17.1 Å². The van der Waals surface area contributed by atoms with Gasteiger partial charge in [-0.25, -0.2) is 0 Å². The van der Waals surface area contributed by atoms with E-state index in [0.29, 0.717) is 23.2 Å². The predicted molar refractivity (Wildman–Crippen MR) is 78.7 cm³/mol. The second-order valence-electron chi connectivity index (χ2n) is 5.29. The average molecular weight is 303 g/mol. The summed E-state index contributed by atoms with van der Waals surface area (Å²) in [6.45, 7) is 0. The third-order valence-corrected chi connectivity index (χ3v) is 4.91. The molecule has 1 unspecified atom stereocenters. The molecule has 1 aliphatic carbocycles. The van der Waals surface area contributed by atoms with E-state index < -0.39 is 0 Å². The van der Waals surface area contributed by atoms with Crippen molar-refractivity contribution in [2.24, 2.45) is 5.92 Å². The second-order valence-corrected chi connectivity index (χ2v) is 6.20. The molecule has 0 radical (unpaired) electrons. The van der Waals surface area contributed by atoms with E-state index in [1.165, 1.54) is 30.6 Å². The van der Waals surface area contributed by atoms with Gasteiger partial charge in [-0.3, -0.25) is 0 Å². The van der Waals surface area contributed by atoms with Crippen molar-refractivity contribution >= 4 is 11.3 Å². The Bertz CT molecular complexity index is 637. The van der Waals surface area contributed by atoms with Gasteiger partial charge in [0.2, 0.25) is 5.82 Å². The van der Waals surface area contributed by atoms with Crippen LogP contribution in [-0.2, 0) is 4.74 Å². The van der Waals surface area contributed by atoms with Crippen LogP contribution in [0, 0.1) is 17.2 Å². The highest BCUT2D eigenvalue weighted by Gasteiger charge is 2.29. The van der Waals surface area contributed by atoms with Crippen LogP contribution in [0.1, 0.15) is 49.6 Å². The zero-order chi connectivity index (χ0) is 14.7. The topological polar surface area (TPSA) is 71.9 Å². The summed E-state index contributed by atoms with van der Waals surface area (Å²) in [6, 6.07) is 3.90. The van der Waals surface area contributed by atoms with Gasteiger partial charge in [0.05, 0.1) is 5.56 Å². The lowest BCUT2D eigenvalue weighted by Gasteiger charge is -2.26. The molecule has 3 rings (SSSR count). The minimum atomic E-state index is -0.117. The number of hydrogen-bond donors (Lipinski definition) is 0. The van der Waals surface area contributed by atoms with Crippen LogP contribution < -0.4 is 0 Å². The Hall–Kier alpha value is -1.71. The van der Waals surface area contributed by atoms with Crippen LogP contribution in [0.4, 0.5) is 0 Å². The van der Waals surface area contributed by atoms with Crippen LogP contribution in [0.3, 0.4) is 0 Å². The highest BCUT2D eigenvalue weighted by atomic mass is 32.1. The Labute approximate surface area is 127 Å². The Morgan fingerprint density at radius 1 is 1.43 bits per heavy atom. The quantitative estimate of drug-likeness (QED) is 0.855. The molecule has 2 aromatic rings. The first-order valence-electron chi connectivity index (χ1n) is 7.18. The maximum Gasteiger partial charge on any atom is 0.269 e. The number of hydrogen-bond acceptors (Lipinski definition) is 6. The second kappa shape index (κ2) is 6.37. The first kappa shape index (κ1) is 14.2. The largest absolute Gasteiger partial charge is 0.373 e. The molecule has 0 aromatic carbocycles. The van der Waals surface area contributed by atoms with Crippen molar-refractivity contribution in [3.05, 3.63) is 22.8 Å². The van der Waals surface area contributed by atoms with E-state index in [2.05, 4.69) is 16.2 Å². The van der Waals surface area contributed by atoms with Gasteiger partial charge in [0, 0.05) is 7.11 Å². The molecule has 110 valence electrons. The third kappa shape index (κ3) is 2.85. The molecule has 0 spiro atoms. The molecule has 0 bridgehead atoms. The fourth-order valence-electron chi connectivity index (χ4n) is 2.95. The van der Waals surface area contributed by atoms with Gasteiger partial charge in [0.25, 0.3) is 5.89 Å². The van der Waals surface area contributed by atoms with Crippen LogP contribution in [0.5, 0.6) is 0 Å². The minimum absolute atomic E-state index is 0.117. The Balaban J connectivity index is 1.84. The summed E-state index contributed by atoms with van der Waals surface area (Å²) in [4.78, 5) is 5.20. The number of ether oxygens (including phenoxy) is 1. The van der Waals surface area contributed by atoms with Crippen molar-refractivity contribution in [2.75, 3.05) is 7.11 Å². The van der Waals surface area contributed by atoms with Crippen molar-refractivity contribution in [3.63, 3.8) is 0 Å². The standard InChI is InChI=1S/C15H17N3O2S/c1-19-12(10-5-3-2-4-6-10)14-17-15(20-18-14)13-11(9-16)7-8-21-13/h7-8,10,12H,2-6H2,1H3. The van der Waals surface area contributed by atoms with E-state index in [9.17, 15) is 0 Å². The number of rotatable bonds is 4. The smallest absolute Gasteiger partial charge is 0.269 e. The fourth-order valence-corrected chi connectivity index (χ4v) is 3.72. The van der Waals surface area contributed by atoms with Crippen molar-refractivity contribution in [3.8, 4) is 16.8 Å². The third-order valence-electron chi connectivity index (χ3n) is 4.01. The SMILES string of the molecule is COC(c1noc(-c2sccc2C#N)n1)C1CCCCC1. The first-order chi connectivity index (χ1) is 10.3. The van der Waals surface area contributed by atoms with Crippen molar-refractivity contribution in [1.82, 2.24) is 10.1 Å². The molecule has 0 N–H and O–H groups in total. The van der Waals surface area contributed by atoms with E-state index >= 15 is 0 Å². The Morgan fingerprint density at radius 2 is 2.24 bits per heavy atom. The summed E-state index contributed by atoms with van der Waals surface area (Å²) in [5.74, 6) is 1.46. The lowest BCUT2D eigenvalue weighted by Crippen LogP contribution is -2.19. The van der Waals surface area contributed by atoms with Gasteiger partial charge in [0.15, 0.2) is 0 Å². The van der Waals surface area contributed by atoms with Gasteiger partial charge in [-0.2, -0.15) is 10.2 Å². The normalized spacial score (nSPS) is 17.5. The molecule has 5 nitrogen and oxygen atoms in total. The average Bonchev–Trinajstić information content (AvgIpc) is 3.17. The maximum atomic E-state index is 9.08. The molecule has 1 atom stereocenters. The van der Waals surface area contributed by atoms with E-state index in [-0.39, 0.29) is 6.10 Å². The van der Waals surface area contributed by atoms with E-state index in [0.717, 1.165) is 17.7 Å².